The molecule has 32 heavy (non-hydrogen) atoms. The van der Waals surface area contributed by atoms with Gasteiger partial charge < -0.3 is 24.1 Å². The Kier molecular flexibility index (Phi) is 5.64. The summed E-state index contributed by atoms with van der Waals surface area (Å²) in [5, 5.41) is 3.00. The summed E-state index contributed by atoms with van der Waals surface area (Å²) in [6.45, 7) is 3.87. The number of amides is 1. The zero-order valence-electron chi connectivity index (χ0n) is 17.9. The third-order valence-corrected chi connectivity index (χ3v) is 5.77. The van der Waals surface area contributed by atoms with Gasteiger partial charge in [-0.15, -0.1) is 0 Å². The van der Waals surface area contributed by atoms with E-state index >= 15 is 0 Å². The Morgan fingerprint density at radius 3 is 2.78 bits per heavy atom. The van der Waals surface area contributed by atoms with Crippen LogP contribution in [0.15, 0.2) is 42.7 Å². The summed E-state index contributed by atoms with van der Waals surface area (Å²) in [4.78, 5) is 24.0. The fourth-order valence-electron chi connectivity index (χ4n) is 4.02. The molecule has 2 aliphatic rings. The zero-order chi connectivity index (χ0) is 21.9. The van der Waals surface area contributed by atoms with Crippen molar-refractivity contribution in [2.75, 3.05) is 27.0 Å². The van der Waals surface area contributed by atoms with Crippen LogP contribution in [0.1, 0.15) is 27.4 Å². The first kappa shape index (κ1) is 20.3. The largest absolute Gasteiger partial charge is 0.481 e. The van der Waals surface area contributed by atoms with Crippen molar-refractivity contribution in [3.8, 4) is 17.4 Å². The second kappa shape index (κ2) is 8.88. The summed E-state index contributed by atoms with van der Waals surface area (Å²) < 4.78 is 17.9. The van der Waals surface area contributed by atoms with Gasteiger partial charge in [-0.1, -0.05) is 12.1 Å². The van der Waals surface area contributed by atoms with Crippen molar-refractivity contribution in [2.45, 2.75) is 26.1 Å². The Balaban J connectivity index is 1.20. The minimum Gasteiger partial charge on any atom is -0.481 e. The number of fused-ring (bicyclic) bond motifs is 2. The number of aromatic nitrogens is 3. The molecule has 0 radical (unpaired) electrons. The normalized spacial score (nSPS) is 15.2. The number of carbonyl (C=O) groups is 1. The molecule has 3 aromatic rings. The SMILES string of the molecule is COc1ccc(CN2CCc3ncc(C(=O)NCc4ccc5c(c4)OCO5)n3CC2)cn1. The number of imidazole rings is 1. The predicted molar refractivity (Wildman–Crippen MR) is 116 cm³/mol. The number of benzene rings is 1. The van der Waals surface area contributed by atoms with E-state index in [0.29, 0.717) is 30.4 Å². The molecule has 0 atom stereocenters. The fourth-order valence-corrected chi connectivity index (χ4v) is 4.02. The number of nitrogens with one attached hydrogen (secondary N) is 1. The predicted octanol–water partition coefficient (Wildman–Crippen LogP) is 2.00. The second-order valence-corrected chi connectivity index (χ2v) is 7.82. The van der Waals surface area contributed by atoms with Crippen LogP contribution in [0.5, 0.6) is 17.4 Å². The highest BCUT2D eigenvalue weighted by molar-refractivity contribution is 5.92. The van der Waals surface area contributed by atoms with Gasteiger partial charge in [0.05, 0.1) is 13.3 Å². The van der Waals surface area contributed by atoms with E-state index in [1.807, 2.05) is 41.1 Å². The van der Waals surface area contributed by atoms with Crippen LogP contribution < -0.4 is 19.5 Å². The lowest BCUT2D eigenvalue weighted by Crippen LogP contribution is -2.28. The Bertz CT molecular complexity index is 1110. The van der Waals surface area contributed by atoms with Crippen LogP contribution in [0.3, 0.4) is 0 Å². The number of hydrogen-bond donors (Lipinski definition) is 1. The highest BCUT2D eigenvalue weighted by Gasteiger charge is 2.21. The molecule has 0 saturated carbocycles. The quantitative estimate of drug-likeness (QED) is 0.633. The molecule has 0 spiro atoms. The van der Waals surface area contributed by atoms with Crippen molar-refractivity contribution in [3.63, 3.8) is 0 Å². The summed E-state index contributed by atoms with van der Waals surface area (Å²) in [5.41, 5.74) is 2.68. The van der Waals surface area contributed by atoms with Gasteiger partial charge in [-0.25, -0.2) is 9.97 Å². The molecule has 1 amide bonds. The highest BCUT2D eigenvalue weighted by Crippen LogP contribution is 2.32. The lowest BCUT2D eigenvalue weighted by molar-refractivity contribution is 0.0940. The van der Waals surface area contributed by atoms with Gasteiger partial charge >= 0.3 is 0 Å². The van der Waals surface area contributed by atoms with Crippen molar-refractivity contribution in [2.24, 2.45) is 0 Å². The maximum atomic E-state index is 12.9. The Morgan fingerprint density at radius 2 is 1.94 bits per heavy atom. The third-order valence-electron chi connectivity index (χ3n) is 5.77. The molecule has 0 saturated heterocycles. The van der Waals surface area contributed by atoms with Gasteiger partial charge in [-0.05, 0) is 23.3 Å². The van der Waals surface area contributed by atoms with Gasteiger partial charge in [0, 0.05) is 51.4 Å². The van der Waals surface area contributed by atoms with Crippen molar-refractivity contribution in [1.29, 1.82) is 0 Å². The Labute approximate surface area is 185 Å². The van der Waals surface area contributed by atoms with Gasteiger partial charge in [0.15, 0.2) is 11.5 Å². The van der Waals surface area contributed by atoms with E-state index in [4.69, 9.17) is 14.2 Å². The number of rotatable bonds is 6. The number of ether oxygens (including phenoxy) is 3. The van der Waals surface area contributed by atoms with Crippen molar-refractivity contribution in [1.82, 2.24) is 24.8 Å². The highest BCUT2D eigenvalue weighted by atomic mass is 16.7. The van der Waals surface area contributed by atoms with Crippen LogP contribution in [0.25, 0.3) is 0 Å². The molecule has 1 N–H and O–H groups in total. The maximum Gasteiger partial charge on any atom is 0.269 e. The molecule has 2 aromatic heterocycles. The van der Waals surface area contributed by atoms with Crippen molar-refractivity contribution < 1.29 is 19.0 Å². The Morgan fingerprint density at radius 1 is 1.06 bits per heavy atom. The maximum absolute atomic E-state index is 12.9. The standard InChI is InChI=1S/C23H25N5O4/c1-30-22-5-3-17(12-25-22)14-27-7-6-21-24-13-18(28(21)9-8-27)23(29)26-11-16-2-4-19-20(10-16)32-15-31-19/h2-5,10,12-13H,6-9,11,14-15H2,1H3,(H,26,29). The molecule has 166 valence electrons. The van der Waals surface area contributed by atoms with Crippen LogP contribution in [-0.4, -0.2) is 52.3 Å². The molecule has 2 aliphatic heterocycles. The molecule has 9 heteroatoms. The minimum absolute atomic E-state index is 0.130. The molecule has 0 bridgehead atoms. The minimum atomic E-state index is -0.130. The van der Waals surface area contributed by atoms with E-state index in [0.717, 1.165) is 48.8 Å². The van der Waals surface area contributed by atoms with E-state index in [-0.39, 0.29) is 12.7 Å². The summed E-state index contributed by atoms with van der Waals surface area (Å²) in [6, 6.07) is 9.59. The van der Waals surface area contributed by atoms with Crippen LogP contribution >= 0.6 is 0 Å². The van der Waals surface area contributed by atoms with Crippen molar-refractivity contribution >= 4 is 5.91 Å². The van der Waals surface area contributed by atoms with Gasteiger partial charge in [-0.2, -0.15) is 0 Å². The lowest BCUT2D eigenvalue weighted by atomic mass is 10.2. The molecule has 0 aliphatic carbocycles. The molecular formula is C23H25N5O4. The second-order valence-electron chi connectivity index (χ2n) is 7.82. The molecule has 9 nitrogen and oxygen atoms in total. The van der Waals surface area contributed by atoms with Crippen LogP contribution in [-0.2, 0) is 26.1 Å². The molecule has 0 unspecified atom stereocenters. The summed E-state index contributed by atoms with van der Waals surface area (Å²) in [7, 11) is 1.61. The van der Waals surface area contributed by atoms with Crippen LogP contribution in [0.2, 0.25) is 0 Å². The lowest BCUT2D eigenvalue weighted by Gasteiger charge is -2.19. The number of hydrogen-bond acceptors (Lipinski definition) is 7. The van der Waals surface area contributed by atoms with Crippen LogP contribution in [0, 0.1) is 0 Å². The summed E-state index contributed by atoms with van der Waals surface area (Å²) >= 11 is 0. The smallest absolute Gasteiger partial charge is 0.269 e. The zero-order valence-corrected chi connectivity index (χ0v) is 17.9. The molecule has 4 heterocycles. The third kappa shape index (κ3) is 4.24. The van der Waals surface area contributed by atoms with Gasteiger partial charge in [-0.3, -0.25) is 9.69 Å². The topological polar surface area (TPSA) is 90.7 Å². The number of pyridine rings is 1. The van der Waals surface area contributed by atoms with E-state index in [1.54, 1.807) is 13.3 Å². The molecular weight excluding hydrogens is 410 g/mol. The first-order chi connectivity index (χ1) is 15.7. The van der Waals surface area contributed by atoms with E-state index in [9.17, 15) is 4.79 Å². The first-order valence-electron chi connectivity index (χ1n) is 10.6. The monoisotopic (exact) mass is 435 g/mol. The average molecular weight is 435 g/mol. The van der Waals surface area contributed by atoms with Gasteiger partial charge in [0.1, 0.15) is 11.5 Å². The summed E-state index contributed by atoms with van der Waals surface area (Å²) in [6.07, 6.45) is 4.31. The molecule has 1 aromatic carbocycles. The van der Waals surface area contributed by atoms with Crippen LogP contribution in [0.4, 0.5) is 0 Å². The number of methoxy groups -OCH3 is 1. The van der Waals surface area contributed by atoms with E-state index in [1.165, 1.54) is 0 Å². The number of nitrogens with zero attached hydrogens (tertiary/aromatic N) is 4. The molecule has 0 fully saturated rings. The van der Waals surface area contributed by atoms with Gasteiger partial charge in [0.25, 0.3) is 5.91 Å². The fraction of sp³-hybridized carbons (Fsp3) is 0.348. The number of carbonyl (C=O) groups excluding carboxylic acids is 1. The summed E-state index contributed by atoms with van der Waals surface area (Å²) in [5.74, 6) is 2.86. The van der Waals surface area contributed by atoms with Crippen molar-refractivity contribution in [3.05, 3.63) is 65.4 Å². The van der Waals surface area contributed by atoms with E-state index in [2.05, 4.69) is 20.2 Å². The first-order valence-corrected chi connectivity index (χ1v) is 10.6. The molecule has 5 rings (SSSR count). The average Bonchev–Trinajstić information content (AvgIpc) is 3.41. The Hall–Kier alpha value is -3.59. The van der Waals surface area contributed by atoms with Gasteiger partial charge in [0.2, 0.25) is 12.7 Å². The van der Waals surface area contributed by atoms with E-state index < -0.39 is 0 Å².